The number of likely N-dealkylation sites (tertiary alicyclic amines) is 1. The number of nitrogens with zero attached hydrogens (tertiary/aromatic N) is 5. The molecule has 1 N–H and O–H groups in total. The number of nitrogens with one attached hydrogen (secondary N) is 1. The van der Waals surface area contributed by atoms with E-state index in [1.165, 1.54) is 24.3 Å². The van der Waals surface area contributed by atoms with Crippen molar-refractivity contribution < 1.29 is 17.4 Å². The number of carbonyl (C=O) groups excluding carboxylic acids is 1. The molecule has 1 aliphatic heterocycles. The molecule has 9 heteroatoms. The van der Waals surface area contributed by atoms with Crippen LogP contribution in [0.3, 0.4) is 0 Å². The SMILES string of the molecule is [2H]C([2H])([2H])N(C(=O)c1ccc(C2CCN([C@@H](C)c3cc4c(-n5c(F)cc(NC)cc5=O)ccnc4n3C)CC2)cc1)C([2H])([2H])[2H]. The first kappa shape index (κ1) is 20.0. The molecule has 1 amide bonds. The highest BCUT2D eigenvalue weighted by Gasteiger charge is 2.27. The van der Waals surface area contributed by atoms with Crippen molar-refractivity contribution in [2.45, 2.75) is 31.7 Å². The van der Waals surface area contributed by atoms with Crippen molar-refractivity contribution >= 4 is 22.6 Å². The van der Waals surface area contributed by atoms with Crippen LogP contribution in [0.5, 0.6) is 0 Å². The van der Waals surface area contributed by atoms with Gasteiger partial charge in [0.15, 0.2) is 0 Å². The fraction of sp³-hybridized carbons (Fsp3) is 0.367. The topological polar surface area (TPSA) is 75.4 Å². The Bertz CT molecular complexity index is 1760. The van der Waals surface area contributed by atoms with Gasteiger partial charge in [-0.15, -0.1) is 0 Å². The summed E-state index contributed by atoms with van der Waals surface area (Å²) in [6, 6.07) is 12.7. The Kier molecular flexibility index (Phi) is 5.46. The zero-order chi connectivity index (χ0) is 32.8. The molecule has 5 rings (SSSR count). The predicted octanol–water partition coefficient (Wildman–Crippen LogP) is 4.55. The molecule has 1 aliphatic rings. The first-order chi connectivity index (χ1) is 21.1. The molecular weight excluding hydrogens is 495 g/mol. The molecule has 0 spiro atoms. The summed E-state index contributed by atoms with van der Waals surface area (Å²) in [5, 5.41) is 3.46. The lowest BCUT2D eigenvalue weighted by atomic mass is 9.88. The van der Waals surface area contributed by atoms with Crippen LogP contribution < -0.4 is 10.9 Å². The Balaban J connectivity index is 1.32. The third kappa shape index (κ3) is 4.94. The zero-order valence-electron chi connectivity index (χ0n) is 28.1. The molecular formula is C30H35FN6O2. The Hall–Kier alpha value is -3.98. The third-order valence-electron chi connectivity index (χ3n) is 7.80. The molecule has 4 heterocycles. The van der Waals surface area contributed by atoms with E-state index in [4.69, 9.17) is 8.22 Å². The molecule has 3 aromatic heterocycles. The number of halogens is 1. The fourth-order valence-corrected chi connectivity index (χ4v) is 5.57. The van der Waals surface area contributed by atoms with Gasteiger partial charge in [-0.3, -0.25) is 19.1 Å². The van der Waals surface area contributed by atoms with E-state index >= 15 is 4.39 Å². The van der Waals surface area contributed by atoms with Gasteiger partial charge >= 0.3 is 0 Å². The number of pyridine rings is 2. The van der Waals surface area contributed by atoms with Gasteiger partial charge in [-0.25, -0.2) is 4.98 Å². The number of aromatic nitrogens is 3. The van der Waals surface area contributed by atoms with Crippen molar-refractivity contribution in [1.82, 2.24) is 23.9 Å². The van der Waals surface area contributed by atoms with Crippen LogP contribution in [0.15, 0.2) is 59.5 Å². The summed E-state index contributed by atoms with van der Waals surface area (Å²) in [4.78, 5) is 32.5. The second kappa shape index (κ2) is 10.6. The average Bonchev–Trinajstić information content (AvgIpc) is 3.32. The van der Waals surface area contributed by atoms with Crippen molar-refractivity contribution in [3.05, 3.63) is 87.9 Å². The molecule has 39 heavy (non-hydrogen) atoms. The van der Waals surface area contributed by atoms with Gasteiger partial charge in [0.1, 0.15) is 5.65 Å². The van der Waals surface area contributed by atoms with E-state index in [0.29, 0.717) is 22.4 Å². The van der Waals surface area contributed by atoms with E-state index in [2.05, 4.69) is 22.1 Å². The van der Waals surface area contributed by atoms with Gasteiger partial charge in [0, 0.05) is 83.0 Å². The predicted molar refractivity (Wildman–Crippen MR) is 152 cm³/mol. The minimum atomic E-state index is -3.10. The van der Waals surface area contributed by atoms with Crippen molar-refractivity contribution in [3.8, 4) is 5.69 Å². The smallest absolute Gasteiger partial charge is 0.259 e. The highest BCUT2D eigenvalue weighted by Crippen LogP contribution is 2.34. The highest BCUT2D eigenvalue weighted by molar-refractivity contribution is 5.93. The van der Waals surface area contributed by atoms with Crippen LogP contribution in [0.25, 0.3) is 16.7 Å². The molecule has 0 aliphatic carbocycles. The maximum absolute atomic E-state index is 15.1. The first-order valence-electron chi connectivity index (χ1n) is 15.9. The summed E-state index contributed by atoms with van der Waals surface area (Å²) >= 11 is 0. The lowest BCUT2D eigenvalue weighted by Gasteiger charge is -2.36. The average molecular weight is 537 g/mol. The number of carbonyl (C=O) groups is 1. The lowest BCUT2D eigenvalue weighted by Crippen LogP contribution is -2.35. The number of benzene rings is 1. The van der Waals surface area contributed by atoms with Crippen LogP contribution in [0.1, 0.15) is 61.6 Å². The van der Waals surface area contributed by atoms with E-state index in [9.17, 15) is 9.59 Å². The van der Waals surface area contributed by atoms with Gasteiger partial charge in [0.2, 0.25) is 5.95 Å². The van der Waals surface area contributed by atoms with Crippen LogP contribution in [0, 0.1) is 5.95 Å². The number of piperidine rings is 1. The standard InChI is InChI=1S/C30H35FN6O2/c1-19(36-14-11-21(12-15-36)20-6-8-22(9-7-20)30(39)34(3)4)26-18-24-25(10-13-33-29(24)35(26)5)37-27(31)16-23(32-2)17-28(37)38/h6-10,13,16-19,21,32H,11-12,14-15H2,1-5H3/t19-/m0/s1/i3D3,4D3. The highest BCUT2D eigenvalue weighted by atomic mass is 19.1. The molecule has 0 radical (unpaired) electrons. The van der Waals surface area contributed by atoms with Crippen LogP contribution in [-0.4, -0.2) is 63.9 Å². The van der Waals surface area contributed by atoms with E-state index in [0.717, 1.165) is 41.8 Å². The van der Waals surface area contributed by atoms with Gasteiger partial charge in [0.05, 0.1) is 5.69 Å². The molecule has 1 aromatic carbocycles. The molecule has 1 atom stereocenters. The van der Waals surface area contributed by atoms with E-state index < -0.39 is 31.4 Å². The third-order valence-corrected chi connectivity index (χ3v) is 7.80. The Morgan fingerprint density at radius 2 is 1.87 bits per heavy atom. The quantitative estimate of drug-likeness (QED) is 0.366. The van der Waals surface area contributed by atoms with Crippen molar-refractivity contribution in [2.24, 2.45) is 7.05 Å². The summed E-state index contributed by atoms with van der Waals surface area (Å²) in [6.07, 6.45) is 3.23. The first-order valence-corrected chi connectivity index (χ1v) is 12.9. The van der Waals surface area contributed by atoms with Crippen LogP contribution in [0.2, 0.25) is 0 Å². The van der Waals surface area contributed by atoms with Crippen molar-refractivity contribution in [1.29, 1.82) is 0 Å². The minimum absolute atomic E-state index is 0.000860. The number of hydrogen-bond donors (Lipinski definition) is 1. The number of anilines is 1. The summed E-state index contributed by atoms with van der Waals surface area (Å²) < 4.78 is 63.1. The van der Waals surface area contributed by atoms with Crippen LogP contribution in [-0.2, 0) is 7.05 Å². The summed E-state index contributed by atoms with van der Waals surface area (Å²) in [6.45, 7) is -2.54. The van der Waals surface area contributed by atoms with Crippen molar-refractivity contribution in [2.75, 3.05) is 39.4 Å². The lowest BCUT2D eigenvalue weighted by molar-refractivity contribution is 0.0827. The normalized spacial score (nSPS) is 18.4. The summed E-state index contributed by atoms with van der Waals surface area (Å²) in [7, 11) is 3.53. The minimum Gasteiger partial charge on any atom is -0.388 e. The second-order valence-electron chi connectivity index (χ2n) is 9.93. The second-order valence-corrected chi connectivity index (χ2v) is 9.93. The molecule has 8 nitrogen and oxygen atoms in total. The van der Waals surface area contributed by atoms with E-state index in [1.807, 2.05) is 17.7 Å². The van der Waals surface area contributed by atoms with Gasteiger partial charge in [-0.05, 0) is 68.6 Å². The monoisotopic (exact) mass is 536 g/mol. The van der Waals surface area contributed by atoms with Crippen LogP contribution >= 0.6 is 0 Å². The molecule has 4 aromatic rings. The Morgan fingerprint density at radius 3 is 2.51 bits per heavy atom. The fourth-order valence-electron chi connectivity index (χ4n) is 5.57. The number of rotatable bonds is 6. The summed E-state index contributed by atoms with van der Waals surface area (Å²) in [5.41, 5.74) is 2.92. The maximum Gasteiger partial charge on any atom is 0.259 e. The van der Waals surface area contributed by atoms with Crippen molar-refractivity contribution in [3.63, 3.8) is 0 Å². The summed E-state index contributed by atoms with van der Waals surface area (Å²) in [5.74, 6) is -1.54. The number of fused-ring (bicyclic) bond motifs is 1. The van der Waals surface area contributed by atoms with E-state index in [-0.39, 0.29) is 22.4 Å². The van der Waals surface area contributed by atoms with Crippen LogP contribution in [0.4, 0.5) is 10.1 Å². The molecule has 1 fully saturated rings. The van der Waals surface area contributed by atoms with Gasteiger partial charge < -0.3 is 14.8 Å². The van der Waals surface area contributed by atoms with Gasteiger partial charge in [0.25, 0.3) is 11.5 Å². The van der Waals surface area contributed by atoms with Gasteiger partial charge in [-0.1, -0.05) is 12.1 Å². The van der Waals surface area contributed by atoms with Gasteiger partial charge in [-0.2, -0.15) is 4.39 Å². The number of aryl methyl sites for hydroxylation is 1. The maximum atomic E-state index is 15.1. The Labute approximate surface area is 236 Å². The molecule has 204 valence electrons. The number of hydrogen-bond acceptors (Lipinski definition) is 5. The Morgan fingerprint density at radius 1 is 1.15 bits per heavy atom. The van der Waals surface area contributed by atoms with E-state index in [1.54, 1.807) is 31.4 Å². The molecule has 0 saturated carbocycles. The molecule has 1 saturated heterocycles. The molecule has 0 unspecified atom stereocenters. The molecule has 0 bridgehead atoms. The largest absolute Gasteiger partial charge is 0.388 e. The zero-order valence-corrected chi connectivity index (χ0v) is 22.1. The number of amides is 1.